The highest BCUT2D eigenvalue weighted by Gasteiger charge is 1.97. The standard InChI is InChI=1S/C10H13NS/c1-3-5-6-9(4-2)10-11-7-8-12-10/h4-8H,3H2,1-2H3/b6-5-,9-4+. The van der Waals surface area contributed by atoms with Crippen molar-refractivity contribution in [2.45, 2.75) is 20.3 Å². The monoisotopic (exact) mass is 179 g/mol. The molecule has 0 saturated heterocycles. The molecule has 1 nitrogen and oxygen atoms in total. The maximum atomic E-state index is 4.24. The van der Waals surface area contributed by atoms with Crippen LogP contribution < -0.4 is 0 Å². The van der Waals surface area contributed by atoms with Gasteiger partial charge in [0.25, 0.3) is 0 Å². The predicted octanol–water partition coefficient (Wildman–Crippen LogP) is 3.51. The van der Waals surface area contributed by atoms with E-state index in [0.29, 0.717) is 0 Å². The number of aromatic nitrogens is 1. The van der Waals surface area contributed by atoms with Gasteiger partial charge < -0.3 is 0 Å². The maximum Gasteiger partial charge on any atom is 0.122 e. The minimum atomic E-state index is 1.07. The maximum absolute atomic E-state index is 4.24. The lowest BCUT2D eigenvalue weighted by molar-refractivity contribution is 1.22. The van der Waals surface area contributed by atoms with E-state index >= 15 is 0 Å². The van der Waals surface area contributed by atoms with E-state index in [9.17, 15) is 0 Å². The van der Waals surface area contributed by atoms with E-state index in [2.05, 4.69) is 30.1 Å². The third kappa shape index (κ3) is 2.31. The number of rotatable bonds is 3. The molecule has 0 unspecified atom stereocenters. The SMILES string of the molecule is C/C=C(\C=C/CC)c1nccs1. The fraction of sp³-hybridized carbons (Fsp3) is 0.300. The largest absolute Gasteiger partial charge is 0.245 e. The van der Waals surface area contributed by atoms with Crippen molar-refractivity contribution in [2.75, 3.05) is 0 Å². The summed E-state index contributed by atoms with van der Waals surface area (Å²) < 4.78 is 0. The fourth-order valence-corrected chi connectivity index (χ4v) is 1.60. The molecule has 1 heterocycles. The number of nitrogens with zero attached hydrogens (tertiary/aromatic N) is 1. The van der Waals surface area contributed by atoms with Crippen LogP contribution in [0.15, 0.2) is 29.8 Å². The Hall–Kier alpha value is -0.890. The highest BCUT2D eigenvalue weighted by Crippen LogP contribution is 2.17. The van der Waals surface area contributed by atoms with Gasteiger partial charge in [0, 0.05) is 17.2 Å². The van der Waals surface area contributed by atoms with Gasteiger partial charge in [-0.15, -0.1) is 11.3 Å². The van der Waals surface area contributed by atoms with Gasteiger partial charge in [-0.25, -0.2) is 4.98 Å². The van der Waals surface area contributed by atoms with Crippen molar-refractivity contribution in [3.05, 3.63) is 34.8 Å². The smallest absolute Gasteiger partial charge is 0.122 e. The zero-order valence-electron chi connectivity index (χ0n) is 7.45. The highest BCUT2D eigenvalue weighted by atomic mass is 32.1. The molecule has 0 bridgehead atoms. The quantitative estimate of drug-likeness (QED) is 0.647. The van der Waals surface area contributed by atoms with Crippen LogP contribution in [-0.2, 0) is 0 Å². The molecule has 0 aromatic carbocycles. The van der Waals surface area contributed by atoms with E-state index in [4.69, 9.17) is 0 Å². The second kappa shape index (κ2) is 4.88. The van der Waals surface area contributed by atoms with Crippen LogP contribution >= 0.6 is 11.3 Å². The molecular formula is C10H13NS. The minimum absolute atomic E-state index is 1.07. The summed E-state index contributed by atoms with van der Waals surface area (Å²) in [5.41, 5.74) is 1.21. The second-order valence-electron chi connectivity index (χ2n) is 2.39. The second-order valence-corrected chi connectivity index (χ2v) is 3.29. The van der Waals surface area contributed by atoms with E-state index in [-0.39, 0.29) is 0 Å². The molecule has 1 aromatic rings. The van der Waals surface area contributed by atoms with Crippen molar-refractivity contribution in [1.82, 2.24) is 4.98 Å². The Balaban J connectivity index is 2.78. The summed E-state index contributed by atoms with van der Waals surface area (Å²) >= 11 is 1.68. The van der Waals surface area contributed by atoms with Crippen molar-refractivity contribution in [1.29, 1.82) is 0 Å². The molecule has 1 rings (SSSR count). The first kappa shape index (κ1) is 9.20. The Kier molecular flexibility index (Phi) is 3.74. The molecule has 0 N–H and O–H groups in total. The lowest BCUT2D eigenvalue weighted by Crippen LogP contribution is -1.76. The topological polar surface area (TPSA) is 12.9 Å². The number of thiazole rings is 1. The summed E-state index contributed by atoms with van der Waals surface area (Å²) in [5, 5.41) is 3.10. The van der Waals surface area contributed by atoms with Crippen LogP contribution in [0.4, 0.5) is 0 Å². The molecule has 64 valence electrons. The molecule has 12 heavy (non-hydrogen) atoms. The van der Waals surface area contributed by atoms with Gasteiger partial charge in [-0.3, -0.25) is 0 Å². The van der Waals surface area contributed by atoms with Crippen LogP contribution in [0.1, 0.15) is 25.3 Å². The van der Waals surface area contributed by atoms with E-state index in [1.54, 1.807) is 11.3 Å². The van der Waals surface area contributed by atoms with Gasteiger partial charge in [0.1, 0.15) is 5.01 Å². The molecule has 0 aliphatic carbocycles. The van der Waals surface area contributed by atoms with Gasteiger partial charge >= 0.3 is 0 Å². The number of hydrogen-bond donors (Lipinski definition) is 0. The normalized spacial score (nSPS) is 12.7. The van der Waals surface area contributed by atoms with Crippen LogP contribution in [0.5, 0.6) is 0 Å². The first-order chi connectivity index (χ1) is 5.88. The van der Waals surface area contributed by atoms with Crippen molar-refractivity contribution < 1.29 is 0 Å². The van der Waals surface area contributed by atoms with Crippen molar-refractivity contribution in [3.63, 3.8) is 0 Å². The Bertz CT molecular complexity index is 270. The van der Waals surface area contributed by atoms with E-state index in [0.717, 1.165) is 11.4 Å². The zero-order valence-corrected chi connectivity index (χ0v) is 8.27. The highest BCUT2D eigenvalue weighted by molar-refractivity contribution is 7.10. The lowest BCUT2D eigenvalue weighted by Gasteiger charge is -1.93. The first-order valence-electron chi connectivity index (χ1n) is 4.11. The Morgan fingerprint density at radius 3 is 3.00 bits per heavy atom. The predicted molar refractivity (Wildman–Crippen MR) is 55.2 cm³/mol. The summed E-state index contributed by atoms with van der Waals surface area (Å²) in [6.07, 6.45) is 9.27. The zero-order chi connectivity index (χ0) is 8.81. The molecule has 0 atom stereocenters. The van der Waals surface area contributed by atoms with Crippen LogP contribution in [0.2, 0.25) is 0 Å². The average Bonchev–Trinajstić information content (AvgIpc) is 2.59. The third-order valence-electron chi connectivity index (χ3n) is 1.52. The first-order valence-corrected chi connectivity index (χ1v) is 4.99. The molecule has 0 amide bonds. The molecule has 1 aromatic heterocycles. The van der Waals surface area contributed by atoms with E-state index < -0.39 is 0 Å². The Labute approximate surface area is 77.5 Å². The number of allylic oxidation sites excluding steroid dienone is 4. The van der Waals surface area contributed by atoms with Gasteiger partial charge in [0.05, 0.1) is 0 Å². The van der Waals surface area contributed by atoms with Crippen molar-refractivity contribution in [3.8, 4) is 0 Å². The summed E-state index contributed by atoms with van der Waals surface area (Å²) in [6.45, 7) is 4.17. The van der Waals surface area contributed by atoms with E-state index in [1.165, 1.54) is 5.57 Å². The third-order valence-corrected chi connectivity index (χ3v) is 2.35. The summed E-state index contributed by atoms with van der Waals surface area (Å²) in [4.78, 5) is 4.24. The molecule has 2 heteroatoms. The lowest BCUT2D eigenvalue weighted by atomic mass is 10.2. The molecule has 0 saturated carbocycles. The van der Waals surface area contributed by atoms with Crippen LogP contribution in [0.25, 0.3) is 5.57 Å². The van der Waals surface area contributed by atoms with Gasteiger partial charge in [-0.05, 0) is 13.3 Å². The molecular weight excluding hydrogens is 166 g/mol. The molecule has 0 aliphatic heterocycles. The molecule has 0 radical (unpaired) electrons. The fourth-order valence-electron chi connectivity index (χ4n) is 0.902. The van der Waals surface area contributed by atoms with Gasteiger partial charge in [0.15, 0.2) is 0 Å². The van der Waals surface area contributed by atoms with Gasteiger partial charge in [-0.2, -0.15) is 0 Å². The van der Waals surface area contributed by atoms with Crippen LogP contribution in [0, 0.1) is 0 Å². The van der Waals surface area contributed by atoms with Crippen molar-refractivity contribution >= 4 is 16.9 Å². The average molecular weight is 179 g/mol. The van der Waals surface area contributed by atoms with Gasteiger partial charge in [0.2, 0.25) is 0 Å². The number of hydrogen-bond acceptors (Lipinski definition) is 2. The minimum Gasteiger partial charge on any atom is -0.245 e. The van der Waals surface area contributed by atoms with Gasteiger partial charge in [-0.1, -0.05) is 25.2 Å². The van der Waals surface area contributed by atoms with Crippen LogP contribution in [-0.4, -0.2) is 4.98 Å². The summed E-state index contributed by atoms with van der Waals surface area (Å²) in [6, 6.07) is 0. The Morgan fingerprint density at radius 2 is 2.50 bits per heavy atom. The van der Waals surface area contributed by atoms with Crippen molar-refractivity contribution in [2.24, 2.45) is 0 Å². The molecule has 0 fully saturated rings. The summed E-state index contributed by atoms with van der Waals surface area (Å²) in [7, 11) is 0. The van der Waals surface area contributed by atoms with E-state index in [1.807, 2.05) is 18.5 Å². The summed E-state index contributed by atoms with van der Waals surface area (Å²) in [5.74, 6) is 0. The van der Waals surface area contributed by atoms with Crippen LogP contribution in [0.3, 0.4) is 0 Å². The Morgan fingerprint density at radius 1 is 1.67 bits per heavy atom. The molecule has 0 aliphatic rings. The molecule has 0 spiro atoms.